The van der Waals surface area contributed by atoms with Crippen LogP contribution in [0.4, 0.5) is 0 Å². The summed E-state index contributed by atoms with van der Waals surface area (Å²) in [5.74, 6) is 2.95. The summed E-state index contributed by atoms with van der Waals surface area (Å²) in [7, 11) is 1.69. The summed E-state index contributed by atoms with van der Waals surface area (Å²) in [6.07, 6.45) is 3.02. The zero-order valence-corrected chi connectivity index (χ0v) is 26.4. The lowest BCUT2D eigenvalue weighted by Gasteiger charge is -2.27. The fourth-order valence-corrected chi connectivity index (χ4v) is 7.17. The van der Waals surface area contributed by atoms with E-state index in [1.165, 1.54) is 5.57 Å². The summed E-state index contributed by atoms with van der Waals surface area (Å²) in [6, 6.07) is 18.1. The predicted molar refractivity (Wildman–Crippen MR) is 171 cm³/mol. The second kappa shape index (κ2) is 12.8. The molecule has 3 aliphatic rings. The Bertz CT molecular complexity index is 1510. The standard InChI is InChI=1S/C35H38Cl2N2O4/c1-21-15-30(36)34(31(37)16-21)43-14-13-42-27-11-7-23(8-12-27)28-17-25-18-38-19-29(25)33(28)35(40)39(26-9-10-26)20-24-5-4-6-32(41-3)22(24)2/h4-8,11-12,15-16,25-26,29,38H,9-10,13-14,17-20H2,1-3H3/t25-,29+/m0/s1. The molecule has 3 aromatic carbocycles. The van der Waals surface area contributed by atoms with Crippen LogP contribution in [-0.2, 0) is 11.3 Å². The molecule has 226 valence electrons. The quantitative estimate of drug-likeness (QED) is 0.229. The van der Waals surface area contributed by atoms with E-state index in [-0.39, 0.29) is 11.8 Å². The van der Waals surface area contributed by atoms with Crippen LogP contribution in [0.2, 0.25) is 10.0 Å². The SMILES string of the molecule is COc1cccc(CN(C(=O)C2=C(c3ccc(OCCOc4c(Cl)cc(C)cc4Cl)cc3)C[C@H]3CNC[C@@H]23)C2CC2)c1C. The third-order valence-corrected chi connectivity index (χ3v) is 9.44. The molecule has 2 fully saturated rings. The van der Waals surface area contributed by atoms with E-state index in [1.807, 2.05) is 43.3 Å². The first-order valence-corrected chi connectivity index (χ1v) is 15.8. The van der Waals surface area contributed by atoms with Crippen molar-refractivity contribution in [1.29, 1.82) is 0 Å². The summed E-state index contributed by atoms with van der Waals surface area (Å²) >= 11 is 12.6. The molecular formula is C35H38Cl2N2O4. The van der Waals surface area contributed by atoms with Crippen LogP contribution in [0.25, 0.3) is 5.57 Å². The first-order chi connectivity index (χ1) is 20.8. The van der Waals surface area contributed by atoms with E-state index in [2.05, 4.69) is 35.3 Å². The third kappa shape index (κ3) is 6.38. The molecular weight excluding hydrogens is 583 g/mol. The van der Waals surface area contributed by atoms with Crippen molar-refractivity contribution in [1.82, 2.24) is 10.2 Å². The molecule has 1 amide bonds. The van der Waals surface area contributed by atoms with E-state index < -0.39 is 0 Å². The molecule has 1 saturated carbocycles. The number of fused-ring (bicyclic) bond motifs is 1. The van der Waals surface area contributed by atoms with Crippen molar-refractivity contribution in [3.8, 4) is 17.2 Å². The van der Waals surface area contributed by atoms with Crippen LogP contribution >= 0.6 is 23.2 Å². The van der Waals surface area contributed by atoms with Crippen LogP contribution in [-0.4, -0.2) is 50.3 Å². The van der Waals surface area contributed by atoms with Gasteiger partial charge in [-0.15, -0.1) is 0 Å². The number of aryl methyl sites for hydroxylation is 1. The highest BCUT2D eigenvalue weighted by Crippen LogP contribution is 2.46. The number of amides is 1. The van der Waals surface area contributed by atoms with Gasteiger partial charge in [-0.25, -0.2) is 0 Å². The molecule has 6 nitrogen and oxygen atoms in total. The Morgan fingerprint density at radius 3 is 2.40 bits per heavy atom. The third-order valence-electron chi connectivity index (χ3n) is 8.88. The van der Waals surface area contributed by atoms with Gasteiger partial charge in [-0.1, -0.05) is 47.5 Å². The molecule has 3 aromatic rings. The number of hydrogen-bond acceptors (Lipinski definition) is 5. The lowest BCUT2D eigenvalue weighted by atomic mass is 9.93. The van der Waals surface area contributed by atoms with Gasteiger partial charge in [0.1, 0.15) is 24.7 Å². The first kappa shape index (κ1) is 29.9. The smallest absolute Gasteiger partial charge is 0.250 e. The summed E-state index contributed by atoms with van der Waals surface area (Å²) in [4.78, 5) is 16.5. The molecule has 2 aliphatic carbocycles. The number of hydrogen-bond donors (Lipinski definition) is 1. The second-order valence-electron chi connectivity index (χ2n) is 11.8. The van der Waals surface area contributed by atoms with E-state index in [4.69, 9.17) is 37.4 Å². The molecule has 1 aliphatic heterocycles. The van der Waals surface area contributed by atoms with Crippen molar-refractivity contribution in [2.24, 2.45) is 11.8 Å². The Labute approximate surface area is 263 Å². The molecule has 1 heterocycles. The normalized spacial score (nSPS) is 19.4. The molecule has 8 heteroatoms. The van der Waals surface area contributed by atoms with Crippen LogP contribution in [0.1, 0.15) is 41.5 Å². The molecule has 0 spiro atoms. The Hall–Kier alpha value is -3.19. The van der Waals surface area contributed by atoms with E-state index in [0.717, 1.165) is 71.7 Å². The topological polar surface area (TPSA) is 60.0 Å². The molecule has 1 N–H and O–H groups in total. The largest absolute Gasteiger partial charge is 0.496 e. The maximum Gasteiger partial charge on any atom is 0.250 e. The minimum absolute atomic E-state index is 0.182. The number of methoxy groups -OCH3 is 1. The highest BCUT2D eigenvalue weighted by Gasteiger charge is 2.44. The van der Waals surface area contributed by atoms with Crippen molar-refractivity contribution in [3.05, 3.63) is 92.5 Å². The molecule has 6 rings (SSSR count). The van der Waals surface area contributed by atoms with Crippen LogP contribution in [0.15, 0.2) is 60.2 Å². The van der Waals surface area contributed by atoms with Crippen molar-refractivity contribution in [2.75, 3.05) is 33.4 Å². The van der Waals surface area contributed by atoms with Gasteiger partial charge < -0.3 is 24.4 Å². The van der Waals surface area contributed by atoms with Gasteiger partial charge in [0.25, 0.3) is 5.91 Å². The lowest BCUT2D eigenvalue weighted by Crippen LogP contribution is -2.36. The molecule has 0 aromatic heterocycles. The van der Waals surface area contributed by atoms with Gasteiger partial charge in [0.2, 0.25) is 0 Å². The summed E-state index contributed by atoms with van der Waals surface area (Å²) in [5.41, 5.74) is 6.46. The minimum atomic E-state index is 0.182. The van der Waals surface area contributed by atoms with Crippen molar-refractivity contribution in [3.63, 3.8) is 0 Å². The number of nitrogens with zero attached hydrogens (tertiary/aromatic N) is 1. The monoisotopic (exact) mass is 620 g/mol. The van der Waals surface area contributed by atoms with E-state index in [1.54, 1.807) is 7.11 Å². The van der Waals surface area contributed by atoms with E-state index >= 15 is 0 Å². The maximum atomic E-state index is 14.4. The number of rotatable bonds is 11. The molecule has 0 unspecified atom stereocenters. The number of carbonyl (C=O) groups excluding carboxylic acids is 1. The maximum absolute atomic E-state index is 14.4. The Kier molecular flexibility index (Phi) is 8.90. The number of halogens is 2. The van der Waals surface area contributed by atoms with Gasteiger partial charge >= 0.3 is 0 Å². The second-order valence-corrected chi connectivity index (χ2v) is 12.6. The zero-order valence-electron chi connectivity index (χ0n) is 24.9. The molecule has 0 bridgehead atoms. The van der Waals surface area contributed by atoms with Gasteiger partial charge in [0.15, 0.2) is 5.75 Å². The van der Waals surface area contributed by atoms with Gasteiger partial charge in [0, 0.05) is 30.6 Å². The van der Waals surface area contributed by atoms with Crippen molar-refractivity contribution in [2.45, 2.75) is 45.7 Å². The number of allylic oxidation sites excluding steroid dienone is 1. The fraction of sp³-hybridized carbons (Fsp3) is 0.400. The average molecular weight is 622 g/mol. The van der Waals surface area contributed by atoms with Crippen molar-refractivity contribution >= 4 is 34.7 Å². The zero-order chi connectivity index (χ0) is 30.1. The summed E-state index contributed by atoms with van der Waals surface area (Å²) < 4.78 is 17.3. The molecule has 43 heavy (non-hydrogen) atoms. The Balaban J connectivity index is 1.18. The Morgan fingerprint density at radius 2 is 1.70 bits per heavy atom. The van der Waals surface area contributed by atoms with Crippen LogP contribution in [0.5, 0.6) is 17.2 Å². The lowest BCUT2D eigenvalue weighted by molar-refractivity contribution is -0.128. The van der Waals surface area contributed by atoms with Crippen molar-refractivity contribution < 1.29 is 19.0 Å². The van der Waals surface area contributed by atoms with Gasteiger partial charge in [-0.3, -0.25) is 4.79 Å². The van der Waals surface area contributed by atoms with Crippen LogP contribution in [0, 0.1) is 25.7 Å². The highest BCUT2D eigenvalue weighted by atomic mass is 35.5. The predicted octanol–water partition coefficient (Wildman–Crippen LogP) is 7.26. The van der Waals surface area contributed by atoms with Gasteiger partial charge in [0.05, 0.1) is 17.2 Å². The molecule has 0 radical (unpaired) electrons. The number of carbonyl (C=O) groups is 1. The molecule has 2 atom stereocenters. The minimum Gasteiger partial charge on any atom is -0.496 e. The highest BCUT2D eigenvalue weighted by molar-refractivity contribution is 6.37. The van der Waals surface area contributed by atoms with Crippen LogP contribution in [0.3, 0.4) is 0 Å². The molecule has 1 saturated heterocycles. The summed E-state index contributed by atoms with van der Waals surface area (Å²) in [5, 5.41) is 4.51. The van der Waals surface area contributed by atoms with Gasteiger partial charge in [-0.2, -0.15) is 0 Å². The van der Waals surface area contributed by atoms with Gasteiger partial charge in [-0.05, 0) is 104 Å². The fourth-order valence-electron chi connectivity index (χ4n) is 6.47. The first-order valence-electron chi connectivity index (χ1n) is 15.0. The number of benzene rings is 3. The summed E-state index contributed by atoms with van der Waals surface area (Å²) in [6.45, 7) is 7.06. The number of ether oxygens (including phenoxy) is 3. The van der Waals surface area contributed by atoms with Crippen LogP contribution < -0.4 is 19.5 Å². The average Bonchev–Trinajstić information content (AvgIpc) is 3.62. The van der Waals surface area contributed by atoms with E-state index in [9.17, 15) is 4.79 Å². The Morgan fingerprint density at radius 1 is 0.977 bits per heavy atom. The number of nitrogens with one attached hydrogen (secondary N) is 1. The van der Waals surface area contributed by atoms with E-state index in [0.29, 0.717) is 47.5 Å².